The second kappa shape index (κ2) is 8.68. The number of benzene rings is 2. The van der Waals surface area contributed by atoms with E-state index < -0.39 is 0 Å². The van der Waals surface area contributed by atoms with E-state index in [0.29, 0.717) is 11.7 Å². The van der Waals surface area contributed by atoms with Crippen LogP contribution in [0.1, 0.15) is 5.69 Å². The van der Waals surface area contributed by atoms with Gasteiger partial charge >= 0.3 is 0 Å². The van der Waals surface area contributed by atoms with Crippen molar-refractivity contribution in [2.24, 2.45) is 0 Å². The molecule has 0 aliphatic carbocycles. The number of thiazole rings is 1. The highest BCUT2D eigenvalue weighted by Crippen LogP contribution is 2.31. The second-order valence-electron chi connectivity index (χ2n) is 7.25. The number of anilines is 2. The molecular weight excluding hydrogens is 433 g/mol. The second-order valence-corrected chi connectivity index (χ2v) is 9.50. The average molecular weight is 454 g/mol. The predicted molar refractivity (Wildman–Crippen MR) is 125 cm³/mol. The van der Waals surface area contributed by atoms with Crippen LogP contribution >= 0.6 is 23.1 Å². The predicted octanol–water partition coefficient (Wildman–Crippen LogP) is 4.14. The van der Waals surface area contributed by atoms with E-state index in [9.17, 15) is 9.18 Å². The molecule has 6 nitrogen and oxygen atoms in total. The number of thioether (sulfide) groups is 1. The van der Waals surface area contributed by atoms with Gasteiger partial charge in [-0.25, -0.2) is 14.4 Å². The number of aromatic nitrogens is 3. The summed E-state index contributed by atoms with van der Waals surface area (Å²) < 4.78 is 15.3. The van der Waals surface area contributed by atoms with Gasteiger partial charge in [-0.05, 0) is 36.4 Å². The van der Waals surface area contributed by atoms with Crippen LogP contribution in [0, 0.1) is 5.82 Å². The van der Waals surface area contributed by atoms with Crippen molar-refractivity contribution < 1.29 is 4.39 Å². The third kappa shape index (κ3) is 4.57. The minimum atomic E-state index is -0.232. The molecule has 2 aromatic heterocycles. The summed E-state index contributed by atoms with van der Waals surface area (Å²) in [5, 5.41) is 0. The summed E-state index contributed by atoms with van der Waals surface area (Å²) in [6.07, 6.45) is 0. The Morgan fingerprint density at radius 2 is 1.74 bits per heavy atom. The van der Waals surface area contributed by atoms with Gasteiger partial charge in [-0.2, -0.15) is 0 Å². The van der Waals surface area contributed by atoms with Crippen LogP contribution in [0.2, 0.25) is 0 Å². The summed E-state index contributed by atoms with van der Waals surface area (Å²) >= 11 is 3.25. The van der Waals surface area contributed by atoms with Crippen molar-refractivity contribution in [3.05, 3.63) is 76.5 Å². The third-order valence-electron chi connectivity index (χ3n) is 5.17. The maximum absolute atomic E-state index is 13.2. The molecule has 1 saturated heterocycles. The minimum Gasteiger partial charge on any atom is -0.368 e. The normalized spacial score (nSPS) is 14.4. The number of fused-ring (bicyclic) bond motifs is 1. The van der Waals surface area contributed by atoms with E-state index in [4.69, 9.17) is 4.98 Å². The molecule has 0 amide bonds. The Morgan fingerprint density at radius 1 is 1.00 bits per heavy atom. The zero-order chi connectivity index (χ0) is 21.2. The summed E-state index contributed by atoms with van der Waals surface area (Å²) in [5.41, 5.74) is 2.59. The Balaban J connectivity index is 1.25. The molecule has 1 aliphatic heterocycles. The lowest BCUT2D eigenvalue weighted by Gasteiger charge is -2.36. The quantitative estimate of drug-likeness (QED) is 0.458. The van der Waals surface area contributed by atoms with Gasteiger partial charge < -0.3 is 9.80 Å². The first-order valence-electron chi connectivity index (χ1n) is 9.98. The van der Waals surface area contributed by atoms with Gasteiger partial charge in [-0.15, -0.1) is 11.3 Å². The third-order valence-corrected chi connectivity index (χ3v) is 7.38. The fraction of sp³-hybridized carbons (Fsp3) is 0.227. The van der Waals surface area contributed by atoms with Crippen LogP contribution in [-0.4, -0.2) is 41.1 Å². The molecule has 158 valence electrons. The monoisotopic (exact) mass is 453 g/mol. The van der Waals surface area contributed by atoms with Crippen LogP contribution in [0.4, 0.5) is 16.0 Å². The van der Waals surface area contributed by atoms with Crippen molar-refractivity contribution in [1.82, 2.24) is 15.0 Å². The van der Waals surface area contributed by atoms with Gasteiger partial charge in [-0.3, -0.25) is 9.78 Å². The number of hydrogen-bond acceptors (Lipinski definition) is 7. The first kappa shape index (κ1) is 20.0. The van der Waals surface area contributed by atoms with E-state index in [2.05, 4.69) is 25.8 Å². The molecule has 1 N–H and O–H groups in total. The molecule has 2 aromatic carbocycles. The Morgan fingerprint density at radius 3 is 2.52 bits per heavy atom. The summed E-state index contributed by atoms with van der Waals surface area (Å²) in [5.74, 6) is 0.961. The van der Waals surface area contributed by atoms with Crippen molar-refractivity contribution in [2.75, 3.05) is 36.0 Å². The van der Waals surface area contributed by atoms with E-state index in [0.717, 1.165) is 52.1 Å². The fourth-order valence-electron chi connectivity index (χ4n) is 3.59. The van der Waals surface area contributed by atoms with Crippen molar-refractivity contribution >= 4 is 45.0 Å². The zero-order valence-electron chi connectivity index (χ0n) is 16.6. The number of nitrogens with zero attached hydrogens (tertiary/aromatic N) is 4. The van der Waals surface area contributed by atoms with Crippen LogP contribution in [0.3, 0.4) is 0 Å². The van der Waals surface area contributed by atoms with Crippen LogP contribution in [0.5, 0.6) is 0 Å². The number of para-hydroxylation sites is 1. The summed E-state index contributed by atoms with van der Waals surface area (Å²) in [6, 6.07) is 16.2. The first-order valence-corrected chi connectivity index (χ1v) is 11.8. The molecule has 0 saturated carbocycles. The molecule has 0 unspecified atom stereocenters. The molecule has 5 rings (SSSR count). The molecule has 0 radical (unpaired) electrons. The number of H-pyrrole nitrogens is 1. The van der Waals surface area contributed by atoms with E-state index in [1.54, 1.807) is 41.3 Å². The largest absolute Gasteiger partial charge is 0.368 e. The van der Waals surface area contributed by atoms with Gasteiger partial charge in [0.25, 0.3) is 5.56 Å². The lowest BCUT2D eigenvalue weighted by atomic mass is 10.2. The standard InChI is InChI=1S/C22H20FN5OS2/c23-15-5-7-17(8-6-15)27-9-11-28(12-10-27)21-24-16(13-20(29)26-21)14-30-22-25-18-3-1-2-4-19(18)31-22/h1-8,13H,9-12,14H2,(H,24,26,29). The van der Waals surface area contributed by atoms with Gasteiger partial charge in [0, 0.05) is 43.7 Å². The van der Waals surface area contributed by atoms with Gasteiger partial charge in [0.1, 0.15) is 5.82 Å². The lowest BCUT2D eigenvalue weighted by molar-refractivity contribution is 0.622. The summed E-state index contributed by atoms with van der Waals surface area (Å²) in [6.45, 7) is 3.02. The Bertz CT molecular complexity index is 1220. The molecule has 1 aliphatic rings. The maximum Gasteiger partial charge on any atom is 0.252 e. The Kier molecular flexibility index (Phi) is 5.61. The highest BCUT2D eigenvalue weighted by atomic mass is 32.2. The number of halogens is 1. The number of piperazine rings is 1. The Labute approximate surface area is 186 Å². The van der Waals surface area contributed by atoms with Gasteiger partial charge in [0.15, 0.2) is 4.34 Å². The number of nitrogens with one attached hydrogen (secondary N) is 1. The number of hydrogen-bond donors (Lipinski definition) is 1. The molecule has 4 aromatic rings. The summed E-state index contributed by atoms with van der Waals surface area (Å²) in [7, 11) is 0. The highest BCUT2D eigenvalue weighted by Gasteiger charge is 2.19. The van der Waals surface area contributed by atoms with Crippen LogP contribution in [0.25, 0.3) is 10.2 Å². The van der Waals surface area contributed by atoms with Crippen molar-refractivity contribution in [3.8, 4) is 0 Å². The number of rotatable bonds is 5. The van der Waals surface area contributed by atoms with Gasteiger partial charge in [0.2, 0.25) is 5.95 Å². The van der Waals surface area contributed by atoms with Crippen molar-refractivity contribution in [2.45, 2.75) is 10.1 Å². The highest BCUT2D eigenvalue weighted by molar-refractivity contribution is 8.00. The Hall–Kier alpha value is -2.91. The maximum atomic E-state index is 13.2. The van der Waals surface area contributed by atoms with Crippen LogP contribution < -0.4 is 15.4 Å². The molecular formula is C22H20FN5OS2. The van der Waals surface area contributed by atoms with Crippen molar-refractivity contribution in [1.29, 1.82) is 0 Å². The molecule has 3 heterocycles. The zero-order valence-corrected chi connectivity index (χ0v) is 18.3. The van der Waals surface area contributed by atoms with E-state index >= 15 is 0 Å². The molecule has 31 heavy (non-hydrogen) atoms. The molecule has 1 fully saturated rings. The van der Waals surface area contributed by atoms with Crippen LogP contribution in [0.15, 0.2) is 63.7 Å². The molecule has 9 heteroatoms. The van der Waals surface area contributed by atoms with E-state index in [1.165, 1.54) is 12.1 Å². The van der Waals surface area contributed by atoms with E-state index in [1.807, 2.05) is 18.2 Å². The van der Waals surface area contributed by atoms with Crippen molar-refractivity contribution in [3.63, 3.8) is 0 Å². The fourth-order valence-corrected chi connectivity index (χ4v) is 5.56. The van der Waals surface area contributed by atoms with Crippen LogP contribution in [-0.2, 0) is 5.75 Å². The summed E-state index contributed by atoms with van der Waals surface area (Å²) in [4.78, 5) is 28.7. The number of aromatic amines is 1. The first-order chi connectivity index (χ1) is 15.1. The topological polar surface area (TPSA) is 65.1 Å². The van der Waals surface area contributed by atoms with Gasteiger partial charge in [0.05, 0.1) is 15.9 Å². The van der Waals surface area contributed by atoms with Gasteiger partial charge in [-0.1, -0.05) is 23.9 Å². The molecule has 0 atom stereocenters. The lowest BCUT2D eigenvalue weighted by Crippen LogP contribution is -2.47. The average Bonchev–Trinajstić information content (AvgIpc) is 3.21. The smallest absolute Gasteiger partial charge is 0.252 e. The molecule has 0 bridgehead atoms. The SMILES string of the molecule is O=c1cc(CSc2nc3ccccc3s2)nc(N2CCN(c3ccc(F)cc3)CC2)[nH]1. The minimum absolute atomic E-state index is 0.147. The van der Waals surface area contributed by atoms with E-state index in [-0.39, 0.29) is 11.4 Å². The molecule has 0 spiro atoms.